The molecule has 0 amide bonds. The topological polar surface area (TPSA) is 29.9 Å². The number of hydrogen-bond acceptors (Lipinski definition) is 2. The van der Waals surface area contributed by atoms with Gasteiger partial charge >= 0.3 is 6.18 Å². The number of nitrogens with zero attached hydrogens (tertiary/aromatic N) is 2. The Labute approximate surface area is 128 Å². The van der Waals surface area contributed by atoms with E-state index in [1.807, 2.05) is 12.1 Å². The number of rotatable bonds is 4. The third-order valence-corrected chi connectivity index (χ3v) is 3.83. The van der Waals surface area contributed by atoms with Crippen molar-refractivity contribution in [3.05, 3.63) is 46.2 Å². The molecule has 0 atom stereocenters. The summed E-state index contributed by atoms with van der Waals surface area (Å²) in [5.41, 5.74) is 0.679. The van der Waals surface area contributed by atoms with Gasteiger partial charge in [-0.1, -0.05) is 22.0 Å². The van der Waals surface area contributed by atoms with Crippen molar-refractivity contribution in [3.8, 4) is 5.69 Å². The lowest BCUT2D eigenvalue weighted by Gasteiger charge is -2.11. The Morgan fingerprint density at radius 1 is 1.29 bits per heavy atom. The Kier molecular flexibility index (Phi) is 3.79. The molecule has 1 aromatic heterocycles. The van der Waals surface area contributed by atoms with Crippen LogP contribution in [-0.2, 0) is 12.7 Å². The lowest BCUT2D eigenvalue weighted by molar-refractivity contribution is -0.141. The molecule has 7 heteroatoms. The summed E-state index contributed by atoms with van der Waals surface area (Å²) in [6, 6.07) is 7.06. The molecule has 0 saturated heterocycles. The van der Waals surface area contributed by atoms with Crippen LogP contribution in [0.3, 0.4) is 0 Å². The fourth-order valence-corrected chi connectivity index (χ4v) is 2.40. The maximum Gasteiger partial charge on any atom is 0.435 e. The Hall–Kier alpha value is -1.34. The van der Waals surface area contributed by atoms with Gasteiger partial charge in [-0.05, 0) is 36.6 Å². The smallest absolute Gasteiger partial charge is 0.310 e. The molecule has 1 aromatic carbocycles. The Bertz CT molecular complexity index is 647. The molecule has 0 bridgehead atoms. The van der Waals surface area contributed by atoms with Gasteiger partial charge in [0.2, 0.25) is 0 Å². The summed E-state index contributed by atoms with van der Waals surface area (Å²) in [7, 11) is 0. The summed E-state index contributed by atoms with van der Waals surface area (Å²) in [6.45, 7) is 0.620. The van der Waals surface area contributed by atoms with Gasteiger partial charge in [-0.2, -0.15) is 18.3 Å². The van der Waals surface area contributed by atoms with Crippen molar-refractivity contribution in [1.82, 2.24) is 15.1 Å². The lowest BCUT2D eigenvalue weighted by Crippen LogP contribution is -2.17. The van der Waals surface area contributed by atoms with Crippen LogP contribution < -0.4 is 5.32 Å². The van der Waals surface area contributed by atoms with E-state index in [4.69, 9.17) is 0 Å². The number of aromatic nitrogens is 2. The molecular weight excluding hydrogens is 347 g/mol. The monoisotopic (exact) mass is 359 g/mol. The highest BCUT2D eigenvalue weighted by atomic mass is 79.9. The SMILES string of the molecule is FC(F)(F)c1ccn(-c2cc(Br)ccc2CNC2CC2)n1. The molecule has 112 valence electrons. The molecule has 0 unspecified atom stereocenters. The number of benzene rings is 1. The summed E-state index contributed by atoms with van der Waals surface area (Å²) in [5.74, 6) is 0. The molecule has 1 fully saturated rings. The second-order valence-corrected chi connectivity index (χ2v) is 5.99. The summed E-state index contributed by atoms with van der Waals surface area (Å²) < 4.78 is 40.1. The van der Waals surface area contributed by atoms with E-state index in [0.29, 0.717) is 18.3 Å². The highest BCUT2D eigenvalue weighted by Gasteiger charge is 2.33. The Morgan fingerprint density at radius 3 is 2.67 bits per heavy atom. The second kappa shape index (κ2) is 5.46. The summed E-state index contributed by atoms with van der Waals surface area (Å²) in [5, 5.41) is 7.00. The van der Waals surface area contributed by atoms with Crippen molar-refractivity contribution >= 4 is 15.9 Å². The minimum absolute atomic E-state index is 0.532. The van der Waals surface area contributed by atoms with Crippen molar-refractivity contribution in [2.24, 2.45) is 0 Å². The first-order valence-electron chi connectivity index (χ1n) is 6.58. The number of alkyl halides is 3. The molecule has 1 aliphatic rings. The van der Waals surface area contributed by atoms with Crippen LogP contribution >= 0.6 is 15.9 Å². The third-order valence-electron chi connectivity index (χ3n) is 3.33. The van der Waals surface area contributed by atoms with Crippen molar-refractivity contribution < 1.29 is 13.2 Å². The molecule has 3 rings (SSSR count). The zero-order chi connectivity index (χ0) is 15.0. The molecular formula is C14H13BrF3N3. The number of halogens is 4. The maximum atomic E-state index is 12.7. The molecule has 0 radical (unpaired) electrons. The molecule has 1 N–H and O–H groups in total. The van der Waals surface area contributed by atoms with E-state index in [2.05, 4.69) is 26.3 Å². The van der Waals surface area contributed by atoms with E-state index < -0.39 is 11.9 Å². The van der Waals surface area contributed by atoms with Gasteiger partial charge in [-0.25, -0.2) is 4.68 Å². The Balaban J connectivity index is 1.91. The fourth-order valence-electron chi connectivity index (χ4n) is 2.05. The normalized spacial score (nSPS) is 15.4. The van der Waals surface area contributed by atoms with Gasteiger partial charge in [0.05, 0.1) is 5.69 Å². The van der Waals surface area contributed by atoms with E-state index >= 15 is 0 Å². The maximum absolute atomic E-state index is 12.7. The summed E-state index contributed by atoms with van der Waals surface area (Å²) in [6.07, 6.45) is -0.771. The zero-order valence-corrected chi connectivity index (χ0v) is 12.6. The molecule has 2 aromatic rings. The first-order valence-corrected chi connectivity index (χ1v) is 7.38. The molecule has 1 saturated carbocycles. The third kappa shape index (κ3) is 3.47. The van der Waals surface area contributed by atoms with Gasteiger partial charge in [0.1, 0.15) is 0 Å². The van der Waals surface area contributed by atoms with Crippen LogP contribution in [0.15, 0.2) is 34.9 Å². The number of nitrogens with one attached hydrogen (secondary N) is 1. The fraction of sp³-hybridized carbons (Fsp3) is 0.357. The van der Waals surface area contributed by atoms with Gasteiger partial charge in [0.25, 0.3) is 0 Å². The van der Waals surface area contributed by atoms with E-state index in [0.717, 1.165) is 28.9 Å². The molecule has 1 aliphatic carbocycles. The Morgan fingerprint density at radius 2 is 2.05 bits per heavy atom. The highest BCUT2D eigenvalue weighted by Crippen LogP contribution is 2.29. The van der Waals surface area contributed by atoms with Crippen molar-refractivity contribution in [2.75, 3.05) is 0 Å². The minimum Gasteiger partial charge on any atom is -0.310 e. The second-order valence-electron chi connectivity index (χ2n) is 5.07. The van der Waals surface area contributed by atoms with Gasteiger partial charge in [0.15, 0.2) is 5.69 Å². The summed E-state index contributed by atoms with van der Waals surface area (Å²) in [4.78, 5) is 0. The van der Waals surface area contributed by atoms with E-state index in [1.54, 1.807) is 6.07 Å². The quantitative estimate of drug-likeness (QED) is 0.896. The van der Waals surface area contributed by atoms with Crippen LogP contribution in [0.1, 0.15) is 24.1 Å². The molecule has 0 spiro atoms. The van der Waals surface area contributed by atoms with Crippen LogP contribution in [0.2, 0.25) is 0 Å². The summed E-state index contributed by atoms with van der Waals surface area (Å²) >= 11 is 3.35. The average Bonchev–Trinajstić information content (AvgIpc) is 3.10. The van der Waals surface area contributed by atoms with Crippen molar-refractivity contribution in [3.63, 3.8) is 0 Å². The molecule has 1 heterocycles. The van der Waals surface area contributed by atoms with Crippen LogP contribution in [0.25, 0.3) is 5.69 Å². The molecule has 21 heavy (non-hydrogen) atoms. The van der Waals surface area contributed by atoms with Gasteiger partial charge in [-0.3, -0.25) is 0 Å². The van der Waals surface area contributed by atoms with Crippen LogP contribution in [-0.4, -0.2) is 15.8 Å². The van der Waals surface area contributed by atoms with Crippen LogP contribution in [0.5, 0.6) is 0 Å². The molecule has 3 nitrogen and oxygen atoms in total. The van der Waals surface area contributed by atoms with E-state index in [-0.39, 0.29) is 0 Å². The van der Waals surface area contributed by atoms with Gasteiger partial charge in [-0.15, -0.1) is 0 Å². The molecule has 0 aliphatic heterocycles. The predicted molar refractivity (Wildman–Crippen MR) is 76.1 cm³/mol. The van der Waals surface area contributed by atoms with E-state index in [1.165, 1.54) is 10.9 Å². The van der Waals surface area contributed by atoms with Gasteiger partial charge in [0, 0.05) is 23.3 Å². The minimum atomic E-state index is -4.43. The van der Waals surface area contributed by atoms with Crippen molar-refractivity contribution in [1.29, 1.82) is 0 Å². The van der Waals surface area contributed by atoms with Gasteiger partial charge < -0.3 is 5.32 Å². The van der Waals surface area contributed by atoms with Crippen molar-refractivity contribution in [2.45, 2.75) is 31.6 Å². The lowest BCUT2D eigenvalue weighted by atomic mass is 10.2. The van der Waals surface area contributed by atoms with Crippen LogP contribution in [0.4, 0.5) is 13.2 Å². The largest absolute Gasteiger partial charge is 0.435 e. The average molecular weight is 360 g/mol. The first-order chi connectivity index (χ1) is 9.93. The predicted octanol–water partition coefficient (Wildman–Crippen LogP) is 3.91. The standard InChI is InChI=1S/C14H13BrF3N3/c15-10-2-1-9(8-19-11-3-4-11)12(7-10)21-6-5-13(20-21)14(16,17)18/h1-2,5-7,11,19H,3-4,8H2. The number of hydrogen-bond donors (Lipinski definition) is 1. The highest BCUT2D eigenvalue weighted by molar-refractivity contribution is 9.10. The first kappa shape index (κ1) is 14.6. The van der Waals surface area contributed by atoms with Crippen LogP contribution in [0, 0.1) is 0 Å². The van der Waals surface area contributed by atoms with E-state index in [9.17, 15) is 13.2 Å². The zero-order valence-electron chi connectivity index (χ0n) is 11.0.